The highest BCUT2D eigenvalue weighted by Crippen LogP contribution is 2.13. The summed E-state index contributed by atoms with van der Waals surface area (Å²) in [5.74, 6) is 1.58. The molecule has 1 fully saturated rings. The molecular formula is C13H24ClN3O. The molecule has 2 heterocycles. The zero-order chi connectivity index (χ0) is 11.9. The van der Waals surface area contributed by atoms with E-state index in [-0.39, 0.29) is 12.4 Å². The number of nitrogens with zero attached hydrogens (tertiary/aromatic N) is 2. The van der Waals surface area contributed by atoms with Crippen LogP contribution >= 0.6 is 12.4 Å². The number of rotatable bonds is 7. The number of aryl methyl sites for hydroxylation is 1. The fourth-order valence-electron chi connectivity index (χ4n) is 2.14. The van der Waals surface area contributed by atoms with Crippen molar-refractivity contribution in [3.63, 3.8) is 0 Å². The Morgan fingerprint density at radius 3 is 3.11 bits per heavy atom. The van der Waals surface area contributed by atoms with Crippen molar-refractivity contribution in [2.45, 2.75) is 39.2 Å². The van der Waals surface area contributed by atoms with Gasteiger partial charge in [0.15, 0.2) is 5.75 Å². The third kappa shape index (κ3) is 4.86. The first-order chi connectivity index (χ1) is 8.38. The highest BCUT2D eigenvalue weighted by Gasteiger charge is 2.15. The lowest BCUT2D eigenvalue weighted by atomic mass is 10.1. The van der Waals surface area contributed by atoms with E-state index in [0.29, 0.717) is 5.92 Å². The predicted molar refractivity (Wildman–Crippen MR) is 75.5 cm³/mol. The normalized spacial score (nSPS) is 18.6. The fraction of sp³-hybridized carbons (Fsp3) is 0.769. The number of aromatic nitrogens is 2. The van der Waals surface area contributed by atoms with Gasteiger partial charge in [0.05, 0.1) is 19.0 Å². The summed E-state index contributed by atoms with van der Waals surface area (Å²) >= 11 is 0. The van der Waals surface area contributed by atoms with Crippen molar-refractivity contribution in [2.75, 3.05) is 19.7 Å². The van der Waals surface area contributed by atoms with Gasteiger partial charge in [-0.2, -0.15) is 5.10 Å². The van der Waals surface area contributed by atoms with E-state index in [1.54, 1.807) is 0 Å². The molecule has 0 saturated carbocycles. The van der Waals surface area contributed by atoms with Crippen molar-refractivity contribution in [3.05, 3.63) is 12.4 Å². The maximum atomic E-state index is 5.75. The van der Waals surface area contributed by atoms with E-state index >= 15 is 0 Å². The van der Waals surface area contributed by atoms with Crippen LogP contribution in [0.1, 0.15) is 32.6 Å². The largest absolute Gasteiger partial charge is 0.490 e. The topological polar surface area (TPSA) is 39.1 Å². The Labute approximate surface area is 115 Å². The summed E-state index contributed by atoms with van der Waals surface area (Å²) in [6.07, 6.45) is 8.78. The van der Waals surface area contributed by atoms with Crippen molar-refractivity contribution >= 4 is 12.4 Å². The van der Waals surface area contributed by atoms with E-state index in [1.165, 1.54) is 25.7 Å². The van der Waals surface area contributed by atoms with Gasteiger partial charge in [-0.15, -0.1) is 12.4 Å². The number of halogens is 1. The van der Waals surface area contributed by atoms with Crippen molar-refractivity contribution in [2.24, 2.45) is 5.92 Å². The second kappa shape index (κ2) is 8.38. The van der Waals surface area contributed by atoms with Crippen LogP contribution in [0.3, 0.4) is 0 Å². The molecule has 1 N–H and O–H groups in total. The van der Waals surface area contributed by atoms with Crippen LogP contribution in [-0.2, 0) is 6.54 Å². The van der Waals surface area contributed by atoms with Crippen LogP contribution in [0, 0.1) is 5.92 Å². The molecule has 0 aliphatic carbocycles. The molecule has 1 saturated heterocycles. The molecule has 5 heteroatoms. The average molecular weight is 274 g/mol. The van der Waals surface area contributed by atoms with E-state index in [0.717, 1.165) is 32.0 Å². The molecule has 104 valence electrons. The van der Waals surface area contributed by atoms with Crippen LogP contribution < -0.4 is 10.1 Å². The maximum absolute atomic E-state index is 5.75. The fourth-order valence-corrected chi connectivity index (χ4v) is 2.14. The van der Waals surface area contributed by atoms with E-state index < -0.39 is 0 Å². The lowest BCUT2D eigenvalue weighted by Gasteiger charge is -2.08. The molecule has 1 aromatic heterocycles. The third-order valence-electron chi connectivity index (χ3n) is 3.25. The highest BCUT2D eigenvalue weighted by atomic mass is 35.5. The number of nitrogens with one attached hydrogen (secondary N) is 1. The molecule has 1 aromatic rings. The SMILES string of the molecule is CCCCCn1cc(OCC2CCNC2)cn1.Cl. The monoisotopic (exact) mass is 273 g/mol. The van der Waals surface area contributed by atoms with Crippen molar-refractivity contribution in [3.8, 4) is 5.75 Å². The second-order valence-corrected chi connectivity index (χ2v) is 4.82. The summed E-state index contributed by atoms with van der Waals surface area (Å²) in [5.41, 5.74) is 0. The van der Waals surface area contributed by atoms with Crippen molar-refractivity contribution in [1.82, 2.24) is 15.1 Å². The lowest BCUT2D eigenvalue weighted by Crippen LogP contribution is -2.15. The Hall–Kier alpha value is -0.740. The van der Waals surface area contributed by atoms with Crippen LogP contribution in [-0.4, -0.2) is 29.5 Å². The second-order valence-electron chi connectivity index (χ2n) is 4.82. The molecule has 1 aliphatic heterocycles. The van der Waals surface area contributed by atoms with Gasteiger partial charge in [0.1, 0.15) is 0 Å². The molecule has 0 radical (unpaired) electrons. The molecule has 1 aliphatic rings. The smallest absolute Gasteiger partial charge is 0.157 e. The average Bonchev–Trinajstić information content (AvgIpc) is 2.98. The standard InChI is InChI=1S/C13H23N3O.ClH/c1-2-3-4-7-16-10-13(9-15-16)17-11-12-5-6-14-8-12;/h9-10,12,14H,2-8,11H2,1H3;1H. The molecule has 18 heavy (non-hydrogen) atoms. The first-order valence-electron chi connectivity index (χ1n) is 6.74. The van der Waals surface area contributed by atoms with E-state index in [4.69, 9.17) is 4.74 Å². The zero-order valence-electron chi connectivity index (χ0n) is 11.1. The zero-order valence-corrected chi connectivity index (χ0v) is 11.9. The lowest BCUT2D eigenvalue weighted by molar-refractivity contribution is 0.259. The number of hydrogen-bond donors (Lipinski definition) is 1. The number of ether oxygens (including phenoxy) is 1. The summed E-state index contributed by atoms with van der Waals surface area (Å²) in [6, 6.07) is 0. The van der Waals surface area contributed by atoms with Crippen molar-refractivity contribution in [1.29, 1.82) is 0 Å². The molecule has 1 unspecified atom stereocenters. The minimum Gasteiger partial charge on any atom is -0.490 e. The molecule has 2 rings (SSSR count). The Bertz CT molecular complexity index is 324. The molecular weight excluding hydrogens is 250 g/mol. The highest BCUT2D eigenvalue weighted by molar-refractivity contribution is 5.85. The van der Waals surface area contributed by atoms with Gasteiger partial charge in [-0.25, -0.2) is 0 Å². The van der Waals surface area contributed by atoms with E-state index in [2.05, 4.69) is 17.3 Å². The Balaban J connectivity index is 0.00000162. The number of unbranched alkanes of at least 4 members (excludes halogenated alkanes) is 2. The van der Waals surface area contributed by atoms with E-state index in [9.17, 15) is 0 Å². The molecule has 0 aromatic carbocycles. The van der Waals surface area contributed by atoms with Gasteiger partial charge < -0.3 is 10.1 Å². The minimum absolute atomic E-state index is 0. The van der Waals surface area contributed by atoms with Gasteiger partial charge in [-0.3, -0.25) is 4.68 Å². The molecule has 0 amide bonds. The molecule has 0 bridgehead atoms. The Morgan fingerprint density at radius 1 is 1.50 bits per heavy atom. The summed E-state index contributed by atoms with van der Waals surface area (Å²) in [4.78, 5) is 0. The van der Waals surface area contributed by atoms with Crippen LogP contribution in [0.15, 0.2) is 12.4 Å². The third-order valence-corrected chi connectivity index (χ3v) is 3.25. The van der Waals surface area contributed by atoms with Crippen LogP contribution in [0.25, 0.3) is 0 Å². The van der Waals surface area contributed by atoms with Gasteiger partial charge in [-0.1, -0.05) is 19.8 Å². The summed E-state index contributed by atoms with van der Waals surface area (Å²) < 4.78 is 7.74. The summed E-state index contributed by atoms with van der Waals surface area (Å²) in [5, 5.41) is 7.66. The summed E-state index contributed by atoms with van der Waals surface area (Å²) in [7, 11) is 0. The first kappa shape index (κ1) is 15.3. The molecule has 0 spiro atoms. The Morgan fingerprint density at radius 2 is 2.39 bits per heavy atom. The Kier molecular flexibility index (Phi) is 7.13. The first-order valence-corrected chi connectivity index (χ1v) is 6.74. The summed E-state index contributed by atoms with van der Waals surface area (Å²) in [6.45, 7) is 6.25. The van der Waals surface area contributed by atoms with Crippen LogP contribution in [0.5, 0.6) is 5.75 Å². The number of hydrogen-bond acceptors (Lipinski definition) is 3. The maximum Gasteiger partial charge on any atom is 0.157 e. The quantitative estimate of drug-likeness (QED) is 0.776. The minimum atomic E-state index is 0. The molecule has 1 atom stereocenters. The van der Waals surface area contributed by atoms with Crippen LogP contribution in [0.4, 0.5) is 0 Å². The van der Waals surface area contributed by atoms with Gasteiger partial charge >= 0.3 is 0 Å². The van der Waals surface area contributed by atoms with Gasteiger partial charge in [0.2, 0.25) is 0 Å². The predicted octanol–water partition coefficient (Wildman–Crippen LogP) is 2.48. The van der Waals surface area contributed by atoms with Crippen LogP contribution in [0.2, 0.25) is 0 Å². The van der Waals surface area contributed by atoms with E-state index in [1.807, 2.05) is 17.1 Å². The van der Waals surface area contributed by atoms with Gasteiger partial charge in [0.25, 0.3) is 0 Å². The molecule has 4 nitrogen and oxygen atoms in total. The van der Waals surface area contributed by atoms with Gasteiger partial charge in [0, 0.05) is 19.0 Å². The van der Waals surface area contributed by atoms with Gasteiger partial charge in [-0.05, 0) is 19.4 Å². The van der Waals surface area contributed by atoms with Crippen molar-refractivity contribution < 1.29 is 4.74 Å².